The third-order valence-electron chi connectivity index (χ3n) is 5.67. The lowest BCUT2D eigenvalue weighted by Crippen LogP contribution is -2.42. The molecule has 2 amide bonds. The molecule has 2 atom stereocenters. The van der Waals surface area contributed by atoms with Gasteiger partial charge in [0.2, 0.25) is 5.91 Å². The Hall–Kier alpha value is -3.35. The number of methoxy groups -OCH3 is 1. The van der Waals surface area contributed by atoms with Crippen molar-refractivity contribution >= 4 is 29.2 Å². The largest absolute Gasteiger partial charge is 0.465 e. The quantitative estimate of drug-likeness (QED) is 0.668. The SMILES string of the molecule is COC(=O)c1ccc(NC(=O)CNc2cc(C(=O)N3CC(C)CC(C)C3)ccc2C)cc1. The van der Waals surface area contributed by atoms with Crippen molar-refractivity contribution in [3.05, 3.63) is 59.2 Å². The minimum atomic E-state index is -0.428. The van der Waals surface area contributed by atoms with Crippen LogP contribution in [0.1, 0.15) is 46.5 Å². The maximum atomic E-state index is 13.0. The van der Waals surface area contributed by atoms with E-state index in [1.807, 2.05) is 30.0 Å². The van der Waals surface area contributed by atoms with Crippen molar-refractivity contribution < 1.29 is 19.1 Å². The average Bonchev–Trinajstić information content (AvgIpc) is 2.77. The Balaban J connectivity index is 1.60. The minimum Gasteiger partial charge on any atom is -0.465 e. The molecule has 0 spiro atoms. The second-order valence-electron chi connectivity index (χ2n) is 8.66. The summed E-state index contributed by atoms with van der Waals surface area (Å²) < 4.78 is 4.67. The number of benzene rings is 2. The molecule has 0 aliphatic carbocycles. The molecule has 0 aromatic heterocycles. The number of nitrogens with zero attached hydrogens (tertiary/aromatic N) is 1. The van der Waals surface area contributed by atoms with Crippen LogP contribution in [-0.2, 0) is 9.53 Å². The van der Waals surface area contributed by atoms with Crippen molar-refractivity contribution in [1.82, 2.24) is 4.90 Å². The highest BCUT2D eigenvalue weighted by atomic mass is 16.5. The highest BCUT2D eigenvalue weighted by Crippen LogP contribution is 2.24. The fraction of sp³-hybridized carbons (Fsp3) is 0.400. The van der Waals surface area contributed by atoms with Gasteiger partial charge in [0.25, 0.3) is 5.91 Å². The van der Waals surface area contributed by atoms with E-state index in [-0.39, 0.29) is 18.4 Å². The monoisotopic (exact) mass is 437 g/mol. The molecule has 1 fully saturated rings. The molecule has 2 aromatic rings. The third-order valence-corrected chi connectivity index (χ3v) is 5.67. The van der Waals surface area contributed by atoms with Crippen molar-refractivity contribution in [2.45, 2.75) is 27.2 Å². The summed E-state index contributed by atoms with van der Waals surface area (Å²) in [4.78, 5) is 38.8. The zero-order valence-corrected chi connectivity index (χ0v) is 19.1. The van der Waals surface area contributed by atoms with E-state index in [9.17, 15) is 14.4 Å². The number of hydrogen-bond donors (Lipinski definition) is 2. The van der Waals surface area contributed by atoms with Gasteiger partial charge in [0.05, 0.1) is 19.2 Å². The van der Waals surface area contributed by atoms with E-state index < -0.39 is 5.97 Å². The van der Waals surface area contributed by atoms with Gasteiger partial charge in [-0.1, -0.05) is 19.9 Å². The number of likely N-dealkylation sites (tertiary alicyclic amines) is 1. The lowest BCUT2D eigenvalue weighted by Gasteiger charge is -2.35. The summed E-state index contributed by atoms with van der Waals surface area (Å²) in [6.45, 7) is 7.90. The van der Waals surface area contributed by atoms with Crippen LogP contribution in [0.15, 0.2) is 42.5 Å². The first-order valence-electron chi connectivity index (χ1n) is 10.9. The molecule has 7 nitrogen and oxygen atoms in total. The molecule has 170 valence electrons. The molecule has 7 heteroatoms. The normalized spacial score (nSPS) is 18.1. The van der Waals surface area contributed by atoms with Gasteiger partial charge in [-0.25, -0.2) is 4.79 Å². The fourth-order valence-corrected chi connectivity index (χ4v) is 4.15. The molecule has 32 heavy (non-hydrogen) atoms. The summed E-state index contributed by atoms with van der Waals surface area (Å²) in [5.74, 6) is 0.363. The Labute approximate surface area is 189 Å². The van der Waals surface area contributed by atoms with E-state index >= 15 is 0 Å². The van der Waals surface area contributed by atoms with E-state index in [1.54, 1.807) is 24.3 Å². The number of aryl methyl sites for hydroxylation is 1. The van der Waals surface area contributed by atoms with Crippen LogP contribution < -0.4 is 10.6 Å². The van der Waals surface area contributed by atoms with Crippen LogP contribution in [0.4, 0.5) is 11.4 Å². The van der Waals surface area contributed by atoms with E-state index in [0.29, 0.717) is 28.7 Å². The summed E-state index contributed by atoms with van der Waals surface area (Å²) >= 11 is 0. The number of carbonyl (C=O) groups is 3. The zero-order valence-electron chi connectivity index (χ0n) is 19.1. The number of anilines is 2. The first kappa shape index (κ1) is 23.3. The van der Waals surface area contributed by atoms with Crippen LogP contribution in [0.3, 0.4) is 0 Å². The van der Waals surface area contributed by atoms with Gasteiger partial charge in [-0.3, -0.25) is 9.59 Å². The molecule has 1 heterocycles. The maximum Gasteiger partial charge on any atom is 0.337 e. The van der Waals surface area contributed by atoms with Crippen LogP contribution in [-0.4, -0.2) is 49.4 Å². The Morgan fingerprint density at radius 3 is 2.25 bits per heavy atom. The van der Waals surface area contributed by atoms with Gasteiger partial charge in [-0.15, -0.1) is 0 Å². The Morgan fingerprint density at radius 2 is 1.62 bits per heavy atom. The number of rotatable bonds is 6. The van der Waals surface area contributed by atoms with Gasteiger partial charge in [-0.05, 0) is 67.1 Å². The summed E-state index contributed by atoms with van der Waals surface area (Å²) in [5.41, 5.74) is 3.33. The molecule has 1 saturated heterocycles. The lowest BCUT2D eigenvalue weighted by atomic mass is 9.91. The molecular weight excluding hydrogens is 406 g/mol. The van der Waals surface area contributed by atoms with Crippen LogP contribution in [0, 0.1) is 18.8 Å². The van der Waals surface area contributed by atoms with Gasteiger partial charge in [-0.2, -0.15) is 0 Å². The molecule has 2 N–H and O–H groups in total. The first-order chi connectivity index (χ1) is 15.3. The summed E-state index contributed by atoms with van der Waals surface area (Å²) in [6, 6.07) is 12.0. The number of piperidine rings is 1. The lowest BCUT2D eigenvalue weighted by molar-refractivity contribution is -0.114. The number of ether oxygens (including phenoxy) is 1. The average molecular weight is 438 g/mol. The van der Waals surface area contributed by atoms with Crippen molar-refractivity contribution in [2.24, 2.45) is 11.8 Å². The molecule has 0 radical (unpaired) electrons. The number of hydrogen-bond acceptors (Lipinski definition) is 5. The second-order valence-corrected chi connectivity index (χ2v) is 8.66. The number of esters is 1. The number of carbonyl (C=O) groups excluding carboxylic acids is 3. The van der Waals surface area contributed by atoms with E-state index in [0.717, 1.165) is 30.8 Å². The van der Waals surface area contributed by atoms with Crippen molar-refractivity contribution in [2.75, 3.05) is 37.4 Å². The highest BCUT2D eigenvalue weighted by Gasteiger charge is 2.26. The molecule has 0 bridgehead atoms. The van der Waals surface area contributed by atoms with Crippen molar-refractivity contribution in [1.29, 1.82) is 0 Å². The van der Waals surface area contributed by atoms with Gasteiger partial charge < -0.3 is 20.3 Å². The van der Waals surface area contributed by atoms with E-state index in [4.69, 9.17) is 0 Å². The smallest absolute Gasteiger partial charge is 0.337 e. The second kappa shape index (κ2) is 10.3. The van der Waals surface area contributed by atoms with Gasteiger partial charge in [0, 0.05) is 30.0 Å². The minimum absolute atomic E-state index is 0.0293. The van der Waals surface area contributed by atoms with Gasteiger partial charge in [0.1, 0.15) is 0 Å². The van der Waals surface area contributed by atoms with E-state index in [2.05, 4.69) is 29.2 Å². The summed E-state index contributed by atoms with van der Waals surface area (Å²) in [7, 11) is 1.32. The maximum absolute atomic E-state index is 13.0. The Kier molecular flexibility index (Phi) is 7.51. The predicted molar refractivity (Wildman–Crippen MR) is 125 cm³/mol. The molecule has 2 aromatic carbocycles. The number of amides is 2. The topological polar surface area (TPSA) is 87.7 Å². The highest BCUT2D eigenvalue weighted by molar-refractivity contribution is 5.97. The van der Waals surface area contributed by atoms with Crippen molar-refractivity contribution in [3.8, 4) is 0 Å². The third kappa shape index (κ3) is 5.87. The molecule has 2 unspecified atom stereocenters. The molecule has 3 rings (SSSR count). The van der Waals surface area contributed by atoms with Crippen LogP contribution in [0.2, 0.25) is 0 Å². The van der Waals surface area contributed by atoms with Crippen LogP contribution in [0.5, 0.6) is 0 Å². The molecular formula is C25H31N3O4. The number of nitrogens with one attached hydrogen (secondary N) is 2. The van der Waals surface area contributed by atoms with Gasteiger partial charge >= 0.3 is 5.97 Å². The van der Waals surface area contributed by atoms with Gasteiger partial charge in [0.15, 0.2) is 0 Å². The zero-order chi connectivity index (χ0) is 23.3. The molecule has 0 saturated carbocycles. The van der Waals surface area contributed by atoms with Crippen LogP contribution in [0.25, 0.3) is 0 Å². The van der Waals surface area contributed by atoms with Crippen molar-refractivity contribution in [3.63, 3.8) is 0 Å². The predicted octanol–water partition coefficient (Wildman–Crippen LogP) is 3.95. The van der Waals surface area contributed by atoms with E-state index in [1.165, 1.54) is 7.11 Å². The Bertz CT molecular complexity index is 977. The summed E-state index contributed by atoms with van der Waals surface area (Å²) in [5, 5.41) is 5.92. The standard InChI is InChI=1S/C25H31N3O4/c1-16-11-17(2)15-28(14-16)24(30)20-6-5-18(3)22(12-20)26-13-23(29)27-21-9-7-19(8-10-21)25(31)32-4/h5-10,12,16-17,26H,11,13-15H2,1-4H3,(H,27,29). The first-order valence-corrected chi connectivity index (χ1v) is 10.9. The Morgan fingerprint density at radius 1 is 1.00 bits per heavy atom. The summed E-state index contributed by atoms with van der Waals surface area (Å²) in [6.07, 6.45) is 1.14. The molecule has 1 aliphatic heterocycles. The van der Waals surface area contributed by atoms with Crippen LogP contribution >= 0.6 is 0 Å². The fourth-order valence-electron chi connectivity index (χ4n) is 4.15. The molecule has 1 aliphatic rings.